The van der Waals surface area contributed by atoms with Crippen molar-refractivity contribution < 1.29 is 19.1 Å². The number of ether oxygens (including phenoxy) is 2. The van der Waals surface area contributed by atoms with Gasteiger partial charge in [0.2, 0.25) is 5.60 Å². The van der Waals surface area contributed by atoms with Gasteiger partial charge in [-0.15, -0.1) is 0 Å². The highest BCUT2D eigenvalue weighted by atomic mass is 16.7. The third kappa shape index (κ3) is 8.94. The third-order valence-electron chi connectivity index (χ3n) is 4.74. The Hall–Kier alpha value is -1.52. The summed E-state index contributed by atoms with van der Waals surface area (Å²) in [6.07, 6.45) is 18.2. The topological polar surface area (TPSA) is 78.6 Å². The standard InChI is InChI=1S/C20H35NO4/c1-2-3-4-5-6-7-8-9-10-11-12-13-14-15-20(18(21)22)16-17-24-19(23)25-20/h14-15H,2-13,16-17H2,1H3,(H2,21,22). The minimum absolute atomic E-state index is 0.157. The number of carbonyl (C=O) groups is 2. The number of hydrogen-bond acceptors (Lipinski definition) is 4. The SMILES string of the molecule is CCCCCCCCCCCCCC=CC1(C(N)=O)CCOC(=O)O1. The van der Waals surface area contributed by atoms with E-state index in [9.17, 15) is 9.59 Å². The molecule has 1 amide bonds. The van der Waals surface area contributed by atoms with Crippen LogP contribution in [0.15, 0.2) is 12.2 Å². The molecule has 0 aromatic rings. The van der Waals surface area contributed by atoms with Crippen LogP contribution in [0.4, 0.5) is 4.79 Å². The molecular formula is C20H35NO4. The fraction of sp³-hybridized carbons (Fsp3) is 0.800. The molecule has 1 aliphatic rings. The van der Waals surface area contributed by atoms with E-state index in [2.05, 4.69) is 6.92 Å². The molecule has 0 aromatic carbocycles. The normalized spacial score (nSPS) is 20.4. The number of nitrogens with two attached hydrogens (primary N) is 1. The molecule has 1 aliphatic heterocycles. The van der Waals surface area contributed by atoms with Crippen LogP contribution in [0.2, 0.25) is 0 Å². The molecule has 0 aromatic heterocycles. The number of rotatable bonds is 14. The van der Waals surface area contributed by atoms with Crippen molar-refractivity contribution in [3.8, 4) is 0 Å². The van der Waals surface area contributed by atoms with Crippen LogP contribution in [0.25, 0.3) is 0 Å². The summed E-state index contributed by atoms with van der Waals surface area (Å²) in [5.74, 6) is -0.640. The van der Waals surface area contributed by atoms with Gasteiger partial charge in [0.25, 0.3) is 5.91 Å². The Bertz CT molecular complexity index is 422. The van der Waals surface area contributed by atoms with Crippen molar-refractivity contribution in [2.75, 3.05) is 6.61 Å². The molecule has 144 valence electrons. The number of amides is 1. The Morgan fingerprint density at radius 3 is 2.12 bits per heavy atom. The lowest BCUT2D eigenvalue weighted by atomic mass is 9.97. The van der Waals surface area contributed by atoms with E-state index in [1.54, 1.807) is 6.08 Å². The zero-order valence-corrected chi connectivity index (χ0v) is 15.8. The van der Waals surface area contributed by atoms with Gasteiger partial charge in [-0.2, -0.15) is 0 Å². The Morgan fingerprint density at radius 2 is 1.60 bits per heavy atom. The zero-order valence-electron chi connectivity index (χ0n) is 15.8. The minimum atomic E-state index is -1.33. The second kappa shape index (κ2) is 12.8. The van der Waals surface area contributed by atoms with Crippen molar-refractivity contribution in [1.82, 2.24) is 0 Å². The van der Waals surface area contributed by atoms with E-state index in [0.29, 0.717) is 0 Å². The van der Waals surface area contributed by atoms with Crippen LogP contribution in [0.3, 0.4) is 0 Å². The molecule has 1 fully saturated rings. The summed E-state index contributed by atoms with van der Waals surface area (Å²) >= 11 is 0. The van der Waals surface area contributed by atoms with Gasteiger partial charge >= 0.3 is 6.16 Å². The van der Waals surface area contributed by atoms with Gasteiger partial charge in [0.1, 0.15) is 0 Å². The molecule has 0 aliphatic carbocycles. The first-order chi connectivity index (χ1) is 12.1. The highest BCUT2D eigenvalue weighted by Crippen LogP contribution is 2.24. The quantitative estimate of drug-likeness (QED) is 0.270. The van der Waals surface area contributed by atoms with Gasteiger partial charge in [-0.05, 0) is 18.9 Å². The second-order valence-corrected chi connectivity index (χ2v) is 6.93. The lowest BCUT2D eigenvalue weighted by Gasteiger charge is -2.30. The van der Waals surface area contributed by atoms with E-state index in [1.807, 2.05) is 6.08 Å². The minimum Gasteiger partial charge on any atom is -0.434 e. The van der Waals surface area contributed by atoms with Crippen molar-refractivity contribution in [3.63, 3.8) is 0 Å². The fourth-order valence-corrected chi connectivity index (χ4v) is 3.09. The molecular weight excluding hydrogens is 318 g/mol. The fourth-order valence-electron chi connectivity index (χ4n) is 3.09. The van der Waals surface area contributed by atoms with Gasteiger partial charge in [-0.3, -0.25) is 4.79 Å². The van der Waals surface area contributed by atoms with Gasteiger partial charge in [0.15, 0.2) is 0 Å². The first kappa shape index (κ1) is 21.5. The molecule has 1 unspecified atom stereocenters. The average molecular weight is 354 g/mol. The summed E-state index contributed by atoms with van der Waals surface area (Å²) in [4.78, 5) is 22.8. The number of unbranched alkanes of at least 4 members (excludes halogenated alkanes) is 11. The first-order valence-electron chi connectivity index (χ1n) is 9.94. The summed E-state index contributed by atoms with van der Waals surface area (Å²) in [7, 11) is 0. The molecule has 5 nitrogen and oxygen atoms in total. The summed E-state index contributed by atoms with van der Waals surface area (Å²) in [5.41, 5.74) is 4.06. The summed E-state index contributed by atoms with van der Waals surface area (Å²) in [6.45, 7) is 2.41. The van der Waals surface area contributed by atoms with Crippen LogP contribution in [-0.2, 0) is 14.3 Å². The molecule has 0 radical (unpaired) electrons. The number of carbonyl (C=O) groups excluding carboxylic acids is 2. The lowest BCUT2D eigenvalue weighted by molar-refractivity contribution is -0.141. The largest absolute Gasteiger partial charge is 0.509 e. The monoisotopic (exact) mass is 353 g/mol. The van der Waals surface area contributed by atoms with Crippen LogP contribution in [-0.4, -0.2) is 24.3 Å². The molecule has 0 spiro atoms. The average Bonchev–Trinajstić information content (AvgIpc) is 2.59. The smallest absolute Gasteiger partial charge is 0.434 e. The maximum atomic E-state index is 11.6. The molecule has 1 saturated heterocycles. The van der Waals surface area contributed by atoms with E-state index in [0.717, 1.165) is 12.8 Å². The van der Waals surface area contributed by atoms with Gasteiger partial charge in [-0.25, -0.2) is 4.79 Å². The van der Waals surface area contributed by atoms with E-state index < -0.39 is 17.7 Å². The van der Waals surface area contributed by atoms with E-state index in [-0.39, 0.29) is 13.0 Å². The van der Waals surface area contributed by atoms with Gasteiger partial charge in [0, 0.05) is 6.42 Å². The third-order valence-corrected chi connectivity index (χ3v) is 4.74. The molecule has 0 bridgehead atoms. The Morgan fingerprint density at radius 1 is 1.04 bits per heavy atom. The van der Waals surface area contributed by atoms with Crippen LogP contribution < -0.4 is 5.73 Å². The number of hydrogen-bond donors (Lipinski definition) is 1. The van der Waals surface area contributed by atoms with Crippen molar-refractivity contribution in [1.29, 1.82) is 0 Å². The predicted octanol–water partition coefficient (Wildman–Crippen LogP) is 5.02. The highest BCUT2D eigenvalue weighted by Gasteiger charge is 2.42. The lowest BCUT2D eigenvalue weighted by Crippen LogP contribution is -2.49. The van der Waals surface area contributed by atoms with Crippen LogP contribution in [0.5, 0.6) is 0 Å². The van der Waals surface area contributed by atoms with E-state index in [1.165, 1.54) is 64.2 Å². The molecule has 25 heavy (non-hydrogen) atoms. The molecule has 1 heterocycles. The summed E-state index contributed by atoms with van der Waals surface area (Å²) in [5, 5.41) is 0. The Balaban J connectivity index is 2.05. The molecule has 1 atom stereocenters. The van der Waals surface area contributed by atoms with Crippen molar-refractivity contribution in [2.24, 2.45) is 5.73 Å². The van der Waals surface area contributed by atoms with Crippen LogP contribution in [0, 0.1) is 0 Å². The van der Waals surface area contributed by atoms with Crippen molar-refractivity contribution in [2.45, 2.75) is 96.0 Å². The molecule has 5 heteroatoms. The molecule has 0 saturated carbocycles. The number of cyclic esters (lactones) is 2. The van der Waals surface area contributed by atoms with E-state index in [4.69, 9.17) is 15.2 Å². The zero-order chi connectivity index (χ0) is 18.4. The molecule has 1 rings (SSSR count). The van der Waals surface area contributed by atoms with Crippen LogP contribution >= 0.6 is 0 Å². The van der Waals surface area contributed by atoms with Crippen LogP contribution in [0.1, 0.15) is 90.4 Å². The Kier molecular flexibility index (Phi) is 11.0. The number of allylic oxidation sites excluding steroid dienone is 1. The summed E-state index contributed by atoms with van der Waals surface area (Å²) in [6, 6.07) is 0. The second-order valence-electron chi connectivity index (χ2n) is 6.93. The number of primary amides is 1. The first-order valence-corrected chi connectivity index (χ1v) is 9.94. The maximum Gasteiger partial charge on any atom is 0.509 e. The highest BCUT2D eigenvalue weighted by molar-refractivity contribution is 5.88. The van der Waals surface area contributed by atoms with Gasteiger partial charge in [-0.1, -0.05) is 77.2 Å². The molecule has 2 N–H and O–H groups in total. The Labute approximate surface area is 152 Å². The van der Waals surface area contributed by atoms with Crippen molar-refractivity contribution in [3.05, 3.63) is 12.2 Å². The van der Waals surface area contributed by atoms with E-state index >= 15 is 0 Å². The van der Waals surface area contributed by atoms with Gasteiger partial charge in [0.05, 0.1) is 6.61 Å². The predicted molar refractivity (Wildman–Crippen MR) is 99.2 cm³/mol. The van der Waals surface area contributed by atoms with Gasteiger partial charge < -0.3 is 15.2 Å². The maximum absolute atomic E-state index is 11.6. The summed E-state index contributed by atoms with van der Waals surface area (Å²) < 4.78 is 9.72. The van der Waals surface area contributed by atoms with Crippen molar-refractivity contribution >= 4 is 12.1 Å².